The molecule has 0 amide bonds. The van der Waals surface area contributed by atoms with E-state index < -0.39 is 0 Å². The molecule has 0 radical (unpaired) electrons. The van der Waals surface area contributed by atoms with Gasteiger partial charge in [0.15, 0.2) is 0 Å². The second-order valence-electron chi connectivity index (χ2n) is 5.43. The fraction of sp³-hybridized carbons (Fsp3) is 0.167. The van der Waals surface area contributed by atoms with E-state index in [9.17, 15) is 0 Å². The zero-order valence-electron chi connectivity index (χ0n) is 11.0. The molecule has 2 heteroatoms. The normalized spacial score (nSPS) is 26.4. The zero-order chi connectivity index (χ0) is 13.6. The molecule has 0 N–H and O–H groups in total. The summed E-state index contributed by atoms with van der Waals surface area (Å²) in [5.41, 5.74) is 3.82. The van der Waals surface area contributed by atoms with Crippen molar-refractivity contribution >= 4 is 17.8 Å². The van der Waals surface area contributed by atoms with Crippen molar-refractivity contribution in [2.24, 2.45) is 4.99 Å². The van der Waals surface area contributed by atoms with Gasteiger partial charge in [-0.2, -0.15) is 0 Å². The van der Waals surface area contributed by atoms with E-state index in [1.807, 2.05) is 18.3 Å². The number of halogens is 1. The van der Waals surface area contributed by atoms with Crippen LogP contribution in [-0.4, -0.2) is 6.21 Å². The summed E-state index contributed by atoms with van der Waals surface area (Å²) in [5.74, 6) is 0.354. The van der Waals surface area contributed by atoms with Gasteiger partial charge in [-0.15, -0.1) is 0 Å². The van der Waals surface area contributed by atoms with Crippen LogP contribution < -0.4 is 0 Å². The number of aliphatic imine (C=N–C) groups is 1. The summed E-state index contributed by atoms with van der Waals surface area (Å²) >= 11 is 6.02. The first-order chi connectivity index (χ1) is 9.79. The highest BCUT2D eigenvalue weighted by atomic mass is 35.5. The van der Waals surface area contributed by atoms with Gasteiger partial charge in [-0.25, -0.2) is 0 Å². The summed E-state index contributed by atoms with van der Waals surface area (Å²) in [4.78, 5) is 4.82. The Morgan fingerprint density at radius 3 is 2.60 bits per heavy atom. The summed E-state index contributed by atoms with van der Waals surface area (Å²) in [5, 5.41) is 0.781. The van der Waals surface area contributed by atoms with Gasteiger partial charge < -0.3 is 0 Å². The molecule has 1 heterocycles. The highest BCUT2D eigenvalue weighted by molar-refractivity contribution is 6.30. The number of rotatable bonds is 1. The van der Waals surface area contributed by atoms with Crippen LogP contribution in [0.15, 0.2) is 65.7 Å². The number of hydrogen-bond acceptors (Lipinski definition) is 1. The van der Waals surface area contributed by atoms with Crippen LogP contribution >= 0.6 is 11.6 Å². The molecule has 0 aromatic heterocycles. The molecular weight excluding hydrogens is 266 g/mol. The predicted molar refractivity (Wildman–Crippen MR) is 83.6 cm³/mol. The largest absolute Gasteiger partial charge is 0.277 e. The summed E-state index contributed by atoms with van der Waals surface area (Å²) in [6, 6.07) is 16.8. The van der Waals surface area contributed by atoms with Gasteiger partial charge in [0.1, 0.15) is 5.54 Å². The predicted octanol–water partition coefficient (Wildman–Crippen LogP) is 4.52. The summed E-state index contributed by atoms with van der Waals surface area (Å²) in [7, 11) is 0. The van der Waals surface area contributed by atoms with Crippen LogP contribution in [0.3, 0.4) is 0 Å². The molecule has 2 atom stereocenters. The lowest BCUT2D eigenvalue weighted by molar-refractivity contribution is 0.488. The topological polar surface area (TPSA) is 12.4 Å². The van der Waals surface area contributed by atoms with Gasteiger partial charge in [0, 0.05) is 17.2 Å². The zero-order valence-corrected chi connectivity index (χ0v) is 11.7. The van der Waals surface area contributed by atoms with E-state index >= 15 is 0 Å². The highest BCUT2D eigenvalue weighted by Crippen LogP contribution is 2.51. The minimum atomic E-state index is -0.218. The minimum absolute atomic E-state index is 0.218. The average Bonchev–Trinajstić information content (AvgIpc) is 3.08. The van der Waals surface area contributed by atoms with Crippen molar-refractivity contribution in [2.75, 3.05) is 0 Å². The van der Waals surface area contributed by atoms with Crippen LogP contribution in [-0.2, 0) is 12.0 Å². The van der Waals surface area contributed by atoms with Gasteiger partial charge in [0.2, 0.25) is 0 Å². The van der Waals surface area contributed by atoms with Crippen LogP contribution in [0.2, 0.25) is 5.02 Å². The van der Waals surface area contributed by atoms with Crippen LogP contribution in [0, 0.1) is 0 Å². The molecule has 2 aromatic carbocycles. The first-order valence-electron chi connectivity index (χ1n) is 6.86. The van der Waals surface area contributed by atoms with E-state index in [0.29, 0.717) is 5.92 Å². The number of allylic oxidation sites excluding steroid dienone is 1. The molecule has 2 aromatic rings. The quantitative estimate of drug-likeness (QED) is 0.728. The summed E-state index contributed by atoms with van der Waals surface area (Å²) < 4.78 is 0. The summed E-state index contributed by atoms with van der Waals surface area (Å²) in [6.07, 6.45) is 7.24. The first kappa shape index (κ1) is 11.9. The molecule has 0 saturated heterocycles. The fourth-order valence-corrected chi connectivity index (χ4v) is 3.61. The van der Waals surface area contributed by atoms with Gasteiger partial charge in [-0.3, -0.25) is 4.99 Å². The van der Waals surface area contributed by atoms with E-state index in [0.717, 1.165) is 11.4 Å². The van der Waals surface area contributed by atoms with Crippen LogP contribution in [0.4, 0.5) is 0 Å². The fourth-order valence-electron chi connectivity index (χ4n) is 3.48. The van der Waals surface area contributed by atoms with E-state index in [-0.39, 0.29) is 5.54 Å². The number of nitrogens with zero attached hydrogens (tertiary/aromatic N) is 1. The average molecular weight is 280 g/mol. The molecule has 1 spiro atoms. The molecule has 4 rings (SSSR count). The lowest BCUT2D eigenvalue weighted by Crippen LogP contribution is -2.24. The first-order valence-corrected chi connectivity index (χ1v) is 7.24. The molecule has 0 bridgehead atoms. The van der Waals surface area contributed by atoms with Gasteiger partial charge in [-0.05, 0) is 41.3 Å². The Kier molecular flexibility index (Phi) is 2.58. The van der Waals surface area contributed by atoms with Crippen LogP contribution in [0.1, 0.15) is 22.6 Å². The Hall–Kier alpha value is -1.86. The number of fused-ring (bicyclic) bond motifs is 2. The second kappa shape index (κ2) is 4.32. The third kappa shape index (κ3) is 1.60. The molecule has 1 aliphatic carbocycles. The van der Waals surface area contributed by atoms with Gasteiger partial charge >= 0.3 is 0 Å². The standard InChI is InChI=1S/C18H14ClN/c19-15-8-6-13(7-9-15)17-12-14-4-1-2-5-16(14)18(17)10-3-11-20-18/h1-11,17H,12H2. The van der Waals surface area contributed by atoms with Gasteiger partial charge in [0.05, 0.1) is 0 Å². The van der Waals surface area contributed by atoms with Crippen molar-refractivity contribution in [3.8, 4) is 0 Å². The Labute approximate surface area is 123 Å². The Balaban J connectivity index is 1.88. The molecule has 20 heavy (non-hydrogen) atoms. The molecule has 1 nitrogen and oxygen atoms in total. The molecule has 0 fully saturated rings. The van der Waals surface area contributed by atoms with E-state index in [1.165, 1.54) is 16.7 Å². The number of hydrogen-bond donors (Lipinski definition) is 0. The van der Waals surface area contributed by atoms with Crippen molar-refractivity contribution in [1.29, 1.82) is 0 Å². The molecule has 2 aliphatic rings. The van der Waals surface area contributed by atoms with Crippen molar-refractivity contribution < 1.29 is 0 Å². The monoisotopic (exact) mass is 279 g/mol. The smallest absolute Gasteiger partial charge is 0.111 e. The molecule has 1 aliphatic heterocycles. The molecular formula is C18H14ClN. The lowest BCUT2D eigenvalue weighted by atomic mass is 9.80. The van der Waals surface area contributed by atoms with Crippen LogP contribution in [0.5, 0.6) is 0 Å². The maximum atomic E-state index is 6.02. The van der Waals surface area contributed by atoms with Crippen molar-refractivity contribution in [1.82, 2.24) is 0 Å². The van der Waals surface area contributed by atoms with Gasteiger partial charge in [0.25, 0.3) is 0 Å². The van der Waals surface area contributed by atoms with Crippen molar-refractivity contribution in [2.45, 2.75) is 17.9 Å². The molecule has 2 unspecified atom stereocenters. The third-order valence-electron chi connectivity index (χ3n) is 4.40. The summed E-state index contributed by atoms with van der Waals surface area (Å²) in [6.45, 7) is 0. The third-order valence-corrected chi connectivity index (χ3v) is 4.65. The van der Waals surface area contributed by atoms with Gasteiger partial charge in [-0.1, -0.05) is 54.1 Å². The Morgan fingerprint density at radius 1 is 1.05 bits per heavy atom. The molecule has 0 saturated carbocycles. The maximum absolute atomic E-state index is 6.02. The van der Waals surface area contributed by atoms with E-state index in [4.69, 9.17) is 16.6 Å². The lowest BCUT2D eigenvalue weighted by Gasteiger charge is -2.28. The van der Waals surface area contributed by atoms with Crippen molar-refractivity contribution in [3.05, 3.63) is 82.4 Å². The SMILES string of the molecule is Clc1ccc(C2Cc3ccccc3C23C=CC=N3)cc1. The number of benzene rings is 2. The second-order valence-corrected chi connectivity index (χ2v) is 5.86. The maximum Gasteiger partial charge on any atom is 0.111 e. The highest BCUT2D eigenvalue weighted by Gasteiger charge is 2.46. The minimum Gasteiger partial charge on any atom is -0.277 e. The van der Waals surface area contributed by atoms with E-state index in [1.54, 1.807) is 0 Å². The van der Waals surface area contributed by atoms with Crippen molar-refractivity contribution in [3.63, 3.8) is 0 Å². The van der Waals surface area contributed by atoms with Crippen LogP contribution in [0.25, 0.3) is 0 Å². The molecule has 98 valence electrons. The van der Waals surface area contributed by atoms with E-state index in [2.05, 4.69) is 48.6 Å². The Morgan fingerprint density at radius 2 is 1.85 bits per heavy atom. The Bertz CT molecular complexity index is 700.